The van der Waals surface area contributed by atoms with Gasteiger partial charge in [0.2, 0.25) is 0 Å². The topological polar surface area (TPSA) is 39.7 Å². The van der Waals surface area contributed by atoms with Gasteiger partial charge >= 0.3 is 6.18 Å². The molecule has 0 aromatic heterocycles. The zero-order valence-corrected chi connectivity index (χ0v) is 16.9. The number of rotatable bonds is 4. The molecule has 1 atom stereocenters. The number of guanidine groups is 1. The number of hydrogen-bond donors (Lipinski definition) is 2. The standard InChI is InChI=1S/C17H25F3N4.HI/c1-21-16(23-11-14-6-4-8-24(2)12-14)22-10-13-5-3-7-15(9-13)17(18,19)20;/h3,5,7,9,14H,4,6,8,10-12H2,1-2H3,(H2,21,22,23);1H. The van der Waals surface area contributed by atoms with Crippen LogP contribution < -0.4 is 10.6 Å². The van der Waals surface area contributed by atoms with Gasteiger partial charge in [-0.15, -0.1) is 24.0 Å². The molecule has 0 amide bonds. The molecule has 0 aliphatic carbocycles. The average Bonchev–Trinajstić information content (AvgIpc) is 2.54. The molecule has 142 valence electrons. The van der Waals surface area contributed by atoms with E-state index in [0.29, 0.717) is 24.0 Å². The van der Waals surface area contributed by atoms with Gasteiger partial charge in [0.15, 0.2) is 5.96 Å². The van der Waals surface area contributed by atoms with Crippen molar-refractivity contribution in [1.82, 2.24) is 15.5 Å². The molecule has 1 unspecified atom stereocenters. The molecule has 4 nitrogen and oxygen atoms in total. The van der Waals surface area contributed by atoms with E-state index in [9.17, 15) is 13.2 Å². The number of hydrogen-bond acceptors (Lipinski definition) is 2. The van der Waals surface area contributed by atoms with Crippen LogP contribution in [0.2, 0.25) is 0 Å². The highest BCUT2D eigenvalue weighted by atomic mass is 127. The van der Waals surface area contributed by atoms with Crippen LogP contribution in [0, 0.1) is 5.92 Å². The van der Waals surface area contributed by atoms with E-state index in [4.69, 9.17) is 0 Å². The summed E-state index contributed by atoms with van der Waals surface area (Å²) in [6.45, 7) is 3.30. The van der Waals surface area contributed by atoms with Crippen LogP contribution in [0.3, 0.4) is 0 Å². The SMILES string of the molecule is CN=C(NCc1cccc(C(F)(F)F)c1)NCC1CCCN(C)C1.I. The average molecular weight is 470 g/mol. The van der Waals surface area contributed by atoms with Gasteiger partial charge in [-0.3, -0.25) is 4.99 Å². The van der Waals surface area contributed by atoms with E-state index in [-0.39, 0.29) is 24.0 Å². The Hall–Kier alpha value is -1.03. The molecule has 1 heterocycles. The van der Waals surface area contributed by atoms with Crippen LogP contribution in [0.1, 0.15) is 24.0 Å². The first kappa shape index (κ1) is 22.0. The third-order valence-electron chi connectivity index (χ3n) is 4.22. The van der Waals surface area contributed by atoms with Crippen molar-refractivity contribution in [3.05, 3.63) is 35.4 Å². The summed E-state index contributed by atoms with van der Waals surface area (Å²) in [7, 11) is 3.78. The van der Waals surface area contributed by atoms with E-state index in [2.05, 4.69) is 27.6 Å². The summed E-state index contributed by atoms with van der Waals surface area (Å²) in [6.07, 6.45) is -1.94. The van der Waals surface area contributed by atoms with E-state index in [1.165, 1.54) is 18.9 Å². The molecule has 0 radical (unpaired) electrons. The van der Waals surface area contributed by atoms with Crippen molar-refractivity contribution in [3.8, 4) is 0 Å². The minimum absolute atomic E-state index is 0. The van der Waals surface area contributed by atoms with Crippen molar-refractivity contribution in [1.29, 1.82) is 0 Å². The van der Waals surface area contributed by atoms with Crippen LogP contribution in [0.4, 0.5) is 13.2 Å². The van der Waals surface area contributed by atoms with Crippen LogP contribution in [-0.2, 0) is 12.7 Å². The Morgan fingerprint density at radius 3 is 2.72 bits per heavy atom. The van der Waals surface area contributed by atoms with E-state index >= 15 is 0 Å². The Morgan fingerprint density at radius 2 is 2.08 bits per heavy atom. The number of aliphatic imine (C=N–C) groups is 1. The van der Waals surface area contributed by atoms with E-state index in [1.807, 2.05) is 0 Å². The van der Waals surface area contributed by atoms with Gasteiger partial charge in [-0.1, -0.05) is 12.1 Å². The Labute approximate surface area is 164 Å². The smallest absolute Gasteiger partial charge is 0.356 e. The molecule has 2 rings (SSSR count). The fourth-order valence-corrected chi connectivity index (χ4v) is 2.94. The van der Waals surface area contributed by atoms with Crippen molar-refractivity contribution in [3.63, 3.8) is 0 Å². The van der Waals surface area contributed by atoms with Gasteiger partial charge in [-0.2, -0.15) is 13.2 Å². The summed E-state index contributed by atoms with van der Waals surface area (Å²) < 4.78 is 38.2. The van der Waals surface area contributed by atoms with E-state index in [0.717, 1.165) is 31.8 Å². The van der Waals surface area contributed by atoms with Gasteiger partial charge in [0.1, 0.15) is 0 Å². The molecular formula is C17H26F3IN4. The molecule has 0 spiro atoms. The van der Waals surface area contributed by atoms with Crippen LogP contribution in [0.15, 0.2) is 29.3 Å². The predicted molar refractivity (Wildman–Crippen MR) is 105 cm³/mol. The summed E-state index contributed by atoms with van der Waals surface area (Å²) in [5.41, 5.74) is -0.0554. The third kappa shape index (κ3) is 7.39. The minimum Gasteiger partial charge on any atom is -0.356 e. The number of benzene rings is 1. The first-order valence-electron chi connectivity index (χ1n) is 8.17. The van der Waals surface area contributed by atoms with Gasteiger partial charge in [0, 0.05) is 26.7 Å². The van der Waals surface area contributed by atoms with Gasteiger partial charge < -0.3 is 15.5 Å². The zero-order valence-electron chi connectivity index (χ0n) is 14.6. The lowest BCUT2D eigenvalue weighted by Crippen LogP contribution is -2.43. The van der Waals surface area contributed by atoms with E-state index in [1.54, 1.807) is 13.1 Å². The van der Waals surface area contributed by atoms with Crippen molar-refractivity contribution in [2.75, 3.05) is 33.7 Å². The first-order chi connectivity index (χ1) is 11.4. The Kier molecular flexibility index (Phi) is 8.98. The van der Waals surface area contributed by atoms with Crippen molar-refractivity contribution < 1.29 is 13.2 Å². The van der Waals surface area contributed by atoms with E-state index < -0.39 is 11.7 Å². The lowest BCUT2D eigenvalue weighted by Gasteiger charge is -2.30. The molecule has 8 heteroatoms. The Morgan fingerprint density at radius 1 is 1.32 bits per heavy atom. The molecule has 2 N–H and O–H groups in total. The Balaban J connectivity index is 0.00000312. The van der Waals surface area contributed by atoms with Crippen LogP contribution >= 0.6 is 24.0 Å². The molecule has 0 saturated carbocycles. The van der Waals surface area contributed by atoms with Gasteiger partial charge in [0.25, 0.3) is 0 Å². The molecule has 0 bridgehead atoms. The van der Waals surface area contributed by atoms with Crippen molar-refractivity contribution in [2.24, 2.45) is 10.9 Å². The quantitative estimate of drug-likeness (QED) is 0.403. The summed E-state index contributed by atoms with van der Waals surface area (Å²) in [6, 6.07) is 5.34. The van der Waals surface area contributed by atoms with Crippen LogP contribution in [0.25, 0.3) is 0 Å². The highest BCUT2D eigenvalue weighted by Crippen LogP contribution is 2.29. The summed E-state index contributed by atoms with van der Waals surface area (Å²) in [4.78, 5) is 6.45. The number of nitrogens with zero attached hydrogens (tertiary/aromatic N) is 2. The molecular weight excluding hydrogens is 444 g/mol. The van der Waals surface area contributed by atoms with Gasteiger partial charge in [0.05, 0.1) is 5.56 Å². The maximum absolute atomic E-state index is 12.7. The van der Waals surface area contributed by atoms with Crippen LogP contribution in [0.5, 0.6) is 0 Å². The number of nitrogens with one attached hydrogen (secondary N) is 2. The fraction of sp³-hybridized carbons (Fsp3) is 0.588. The molecule has 1 aromatic rings. The Bertz CT molecular complexity index is 563. The van der Waals surface area contributed by atoms with Gasteiger partial charge in [-0.25, -0.2) is 0 Å². The maximum atomic E-state index is 12.7. The van der Waals surface area contributed by atoms with Gasteiger partial charge in [-0.05, 0) is 50.0 Å². The predicted octanol–water partition coefficient (Wildman–Crippen LogP) is 3.33. The highest BCUT2D eigenvalue weighted by molar-refractivity contribution is 14.0. The molecule has 1 aromatic carbocycles. The number of piperidine rings is 1. The second-order valence-electron chi connectivity index (χ2n) is 6.28. The molecule has 25 heavy (non-hydrogen) atoms. The second kappa shape index (κ2) is 10.2. The summed E-state index contributed by atoms with van der Waals surface area (Å²) >= 11 is 0. The monoisotopic (exact) mass is 470 g/mol. The molecule has 1 fully saturated rings. The fourth-order valence-electron chi connectivity index (χ4n) is 2.94. The van der Waals surface area contributed by atoms with Crippen LogP contribution in [-0.4, -0.2) is 44.6 Å². The lowest BCUT2D eigenvalue weighted by atomic mass is 9.99. The number of halogens is 4. The summed E-state index contributed by atoms with van der Waals surface area (Å²) in [5.74, 6) is 1.18. The van der Waals surface area contributed by atoms with Crippen molar-refractivity contribution >= 4 is 29.9 Å². The number of alkyl halides is 3. The maximum Gasteiger partial charge on any atom is 0.416 e. The number of likely N-dealkylation sites (tertiary alicyclic amines) is 1. The van der Waals surface area contributed by atoms with Crippen molar-refractivity contribution in [2.45, 2.75) is 25.6 Å². The second-order valence-corrected chi connectivity index (χ2v) is 6.28. The molecule has 1 aliphatic heterocycles. The molecule has 1 saturated heterocycles. The minimum atomic E-state index is -4.32. The summed E-state index contributed by atoms with van der Waals surface area (Å²) in [5, 5.41) is 6.34. The normalized spacial score (nSPS) is 19.2. The zero-order chi connectivity index (χ0) is 17.6. The third-order valence-corrected chi connectivity index (χ3v) is 4.22. The highest BCUT2D eigenvalue weighted by Gasteiger charge is 2.30. The largest absolute Gasteiger partial charge is 0.416 e. The lowest BCUT2D eigenvalue weighted by molar-refractivity contribution is -0.137. The molecule has 1 aliphatic rings. The first-order valence-corrected chi connectivity index (χ1v) is 8.17.